The summed E-state index contributed by atoms with van der Waals surface area (Å²) in [5.41, 5.74) is 1.06. The van der Waals surface area contributed by atoms with Crippen LogP contribution in [0.5, 0.6) is 0 Å². The fourth-order valence-corrected chi connectivity index (χ4v) is 1.27. The largest absolute Gasteiger partial charge is 0.278 e. The number of halogens is 1. The predicted octanol–water partition coefficient (Wildman–Crippen LogP) is 3.35. The van der Waals surface area contributed by atoms with Crippen LogP contribution in [0.1, 0.15) is 13.8 Å². The number of fused-ring (bicyclic) bond motifs is 1. The molecule has 0 saturated carbocycles. The molecule has 2 nitrogen and oxygen atoms in total. The van der Waals surface area contributed by atoms with Gasteiger partial charge in [-0.15, -0.1) is 0 Å². The highest BCUT2D eigenvalue weighted by molar-refractivity contribution is 9.10. The zero-order valence-electron chi connectivity index (χ0n) is 7.13. The molecule has 0 aliphatic carbocycles. The molecule has 12 heavy (non-hydrogen) atoms. The maximum Gasteiger partial charge on any atom is 0.0661 e. The second-order valence-corrected chi connectivity index (χ2v) is 3.02. The second kappa shape index (κ2) is 4.26. The summed E-state index contributed by atoms with van der Waals surface area (Å²) in [6.45, 7) is 4.00. The first-order chi connectivity index (χ1) is 5.86. The van der Waals surface area contributed by atoms with Crippen molar-refractivity contribution in [1.29, 1.82) is 0 Å². The minimum atomic E-state index is 1.06. The summed E-state index contributed by atoms with van der Waals surface area (Å²) in [6.07, 6.45) is 1.81. The highest BCUT2D eigenvalue weighted by Gasteiger charge is 1.93. The van der Waals surface area contributed by atoms with Crippen LogP contribution in [-0.2, 0) is 0 Å². The molecule has 1 aromatic carbocycles. The molecule has 0 aliphatic rings. The van der Waals surface area contributed by atoms with Gasteiger partial charge < -0.3 is 0 Å². The van der Waals surface area contributed by atoms with Crippen molar-refractivity contribution in [3.05, 3.63) is 28.9 Å². The van der Waals surface area contributed by atoms with E-state index in [1.54, 1.807) is 0 Å². The number of rotatable bonds is 0. The fourth-order valence-electron chi connectivity index (χ4n) is 0.909. The standard InChI is InChI=1S/C7H5BrN2.C2H6/c8-6-2-1-5-4-9-10-7(5)3-6;1-2/h1-4H,(H,9,10);1-2H3. The monoisotopic (exact) mass is 226 g/mol. The van der Waals surface area contributed by atoms with Gasteiger partial charge in [-0.2, -0.15) is 5.10 Å². The minimum absolute atomic E-state index is 1.06. The summed E-state index contributed by atoms with van der Waals surface area (Å²) in [6, 6.07) is 6.02. The highest BCUT2D eigenvalue weighted by Crippen LogP contribution is 2.16. The Hall–Kier alpha value is -0.830. The summed E-state index contributed by atoms with van der Waals surface area (Å²) in [7, 11) is 0. The molecule has 1 heterocycles. The topological polar surface area (TPSA) is 28.7 Å². The van der Waals surface area contributed by atoms with Crippen molar-refractivity contribution in [2.75, 3.05) is 0 Å². The number of benzene rings is 1. The summed E-state index contributed by atoms with van der Waals surface area (Å²) in [5, 5.41) is 7.92. The number of hydrogen-bond donors (Lipinski definition) is 1. The molecular formula is C9H11BrN2. The van der Waals surface area contributed by atoms with E-state index in [-0.39, 0.29) is 0 Å². The van der Waals surface area contributed by atoms with Crippen molar-refractivity contribution >= 4 is 26.8 Å². The Kier molecular flexibility index (Phi) is 3.29. The molecule has 0 unspecified atom stereocenters. The molecular weight excluding hydrogens is 216 g/mol. The van der Waals surface area contributed by atoms with E-state index in [0.717, 1.165) is 15.4 Å². The summed E-state index contributed by atoms with van der Waals surface area (Å²) in [4.78, 5) is 0. The van der Waals surface area contributed by atoms with Gasteiger partial charge in [-0.1, -0.05) is 35.8 Å². The number of H-pyrrole nitrogens is 1. The first kappa shape index (κ1) is 9.26. The van der Waals surface area contributed by atoms with Crippen LogP contribution < -0.4 is 0 Å². The molecule has 0 radical (unpaired) electrons. The van der Waals surface area contributed by atoms with Gasteiger partial charge in [-0.25, -0.2) is 0 Å². The van der Waals surface area contributed by atoms with Crippen molar-refractivity contribution < 1.29 is 0 Å². The fraction of sp³-hybridized carbons (Fsp3) is 0.222. The Balaban J connectivity index is 0.000000336. The van der Waals surface area contributed by atoms with E-state index in [4.69, 9.17) is 0 Å². The third-order valence-electron chi connectivity index (χ3n) is 1.40. The SMILES string of the molecule is Brc1ccc2cn[nH]c2c1.CC. The highest BCUT2D eigenvalue weighted by atomic mass is 79.9. The molecule has 0 atom stereocenters. The average Bonchev–Trinajstić information content (AvgIpc) is 2.54. The summed E-state index contributed by atoms with van der Waals surface area (Å²) in [5.74, 6) is 0. The van der Waals surface area contributed by atoms with E-state index >= 15 is 0 Å². The van der Waals surface area contributed by atoms with Crippen molar-refractivity contribution in [2.24, 2.45) is 0 Å². The zero-order valence-corrected chi connectivity index (χ0v) is 8.72. The minimum Gasteiger partial charge on any atom is -0.278 e. The molecule has 2 aromatic rings. The number of aromatic nitrogens is 2. The van der Waals surface area contributed by atoms with Gasteiger partial charge in [0.1, 0.15) is 0 Å². The number of hydrogen-bond acceptors (Lipinski definition) is 1. The van der Waals surface area contributed by atoms with E-state index in [9.17, 15) is 0 Å². The first-order valence-corrected chi connectivity index (χ1v) is 4.74. The Bertz CT molecular complexity index is 354. The molecule has 64 valence electrons. The molecule has 0 saturated heterocycles. The molecule has 2 rings (SSSR count). The number of nitrogens with one attached hydrogen (secondary N) is 1. The molecule has 1 aromatic heterocycles. The molecule has 3 heteroatoms. The lowest BCUT2D eigenvalue weighted by atomic mass is 10.3. The van der Waals surface area contributed by atoms with E-state index in [1.165, 1.54) is 0 Å². The Morgan fingerprint density at radius 3 is 2.83 bits per heavy atom. The van der Waals surface area contributed by atoms with E-state index in [1.807, 2.05) is 38.2 Å². The molecule has 0 aliphatic heterocycles. The van der Waals surface area contributed by atoms with Gasteiger partial charge in [-0.3, -0.25) is 5.10 Å². The van der Waals surface area contributed by atoms with E-state index in [0.29, 0.717) is 0 Å². The second-order valence-electron chi connectivity index (χ2n) is 2.10. The lowest BCUT2D eigenvalue weighted by Gasteiger charge is -1.87. The van der Waals surface area contributed by atoms with Crippen LogP contribution in [0.15, 0.2) is 28.9 Å². The van der Waals surface area contributed by atoms with Crippen molar-refractivity contribution in [1.82, 2.24) is 10.2 Å². The van der Waals surface area contributed by atoms with Crippen LogP contribution in [0.2, 0.25) is 0 Å². The van der Waals surface area contributed by atoms with Gasteiger partial charge in [-0.05, 0) is 12.1 Å². The molecule has 0 bridgehead atoms. The summed E-state index contributed by atoms with van der Waals surface area (Å²) < 4.78 is 1.07. The van der Waals surface area contributed by atoms with Gasteiger partial charge in [0.25, 0.3) is 0 Å². The van der Waals surface area contributed by atoms with Crippen LogP contribution in [0, 0.1) is 0 Å². The van der Waals surface area contributed by atoms with E-state index in [2.05, 4.69) is 26.1 Å². The predicted molar refractivity (Wildman–Crippen MR) is 55.1 cm³/mol. The van der Waals surface area contributed by atoms with Crippen molar-refractivity contribution in [3.63, 3.8) is 0 Å². The van der Waals surface area contributed by atoms with Crippen LogP contribution in [0.4, 0.5) is 0 Å². The Morgan fingerprint density at radius 1 is 1.33 bits per heavy atom. The maximum absolute atomic E-state index is 3.90. The first-order valence-electron chi connectivity index (χ1n) is 3.95. The normalized spacial score (nSPS) is 9.25. The zero-order chi connectivity index (χ0) is 8.97. The number of nitrogens with zero attached hydrogens (tertiary/aromatic N) is 1. The summed E-state index contributed by atoms with van der Waals surface area (Å²) >= 11 is 3.37. The van der Waals surface area contributed by atoms with Crippen molar-refractivity contribution in [2.45, 2.75) is 13.8 Å². The maximum atomic E-state index is 3.90. The van der Waals surface area contributed by atoms with Crippen LogP contribution in [0.3, 0.4) is 0 Å². The molecule has 1 N–H and O–H groups in total. The molecule has 0 spiro atoms. The quantitative estimate of drug-likeness (QED) is 0.734. The number of aromatic amines is 1. The van der Waals surface area contributed by atoms with E-state index < -0.39 is 0 Å². The van der Waals surface area contributed by atoms with Gasteiger partial charge in [0, 0.05) is 9.86 Å². The van der Waals surface area contributed by atoms with Gasteiger partial charge in [0.15, 0.2) is 0 Å². The lowest BCUT2D eigenvalue weighted by Crippen LogP contribution is -1.67. The third kappa shape index (κ3) is 1.85. The Labute approximate surface area is 80.1 Å². The van der Waals surface area contributed by atoms with Crippen LogP contribution >= 0.6 is 15.9 Å². The van der Waals surface area contributed by atoms with Crippen LogP contribution in [-0.4, -0.2) is 10.2 Å². The molecule has 0 amide bonds. The van der Waals surface area contributed by atoms with Gasteiger partial charge in [0.05, 0.1) is 11.7 Å². The average molecular weight is 227 g/mol. The van der Waals surface area contributed by atoms with Gasteiger partial charge >= 0.3 is 0 Å². The third-order valence-corrected chi connectivity index (χ3v) is 1.90. The molecule has 0 fully saturated rings. The van der Waals surface area contributed by atoms with Crippen LogP contribution in [0.25, 0.3) is 10.9 Å². The van der Waals surface area contributed by atoms with Crippen molar-refractivity contribution in [3.8, 4) is 0 Å². The Morgan fingerprint density at radius 2 is 2.08 bits per heavy atom. The lowest BCUT2D eigenvalue weighted by molar-refractivity contribution is 1.12. The smallest absolute Gasteiger partial charge is 0.0661 e. The van der Waals surface area contributed by atoms with Gasteiger partial charge in [0.2, 0.25) is 0 Å².